The van der Waals surface area contributed by atoms with Crippen LogP contribution in [0.25, 0.3) is 0 Å². The van der Waals surface area contributed by atoms with Crippen molar-refractivity contribution in [3.05, 3.63) is 23.9 Å². The van der Waals surface area contributed by atoms with Gasteiger partial charge < -0.3 is 15.5 Å². The van der Waals surface area contributed by atoms with E-state index in [1.807, 2.05) is 30.0 Å². The summed E-state index contributed by atoms with van der Waals surface area (Å²) in [6, 6.07) is 5.60. The van der Waals surface area contributed by atoms with Crippen LogP contribution in [0.2, 0.25) is 0 Å². The van der Waals surface area contributed by atoms with E-state index in [1.165, 1.54) is 0 Å². The highest BCUT2D eigenvalue weighted by Gasteiger charge is 2.58. The number of nitrogens with one attached hydrogen (secondary N) is 2. The molecule has 2 N–H and O–H groups in total. The third-order valence-electron chi connectivity index (χ3n) is 6.33. The first kappa shape index (κ1) is 22.9. The minimum Gasteiger partial charge on any atom is -0.342 e. The second-order valence-corrected chi connectivity index (χ2v) is 8.15. The molecule has 1 aromatic rings. The first-order valence-corrected chi connectivity index (χ1v) is 9.81. The number of piperidine rings is 2. The summed E-state index contributed by atoms with van der Waals surface area (Å²) in [5.41, 5.74) is 1.13. The molecule has 6 nitrogen and oxygen atoms in total. The van der Waals surface area contributed by atoms with Gasteiger partial charge in [-0.15, -0.1) is 24.8 Å². The molecule has 1 aliphatic carbocycles. The molecule has 3 heterocycles. The van der Waals surface area contributed by atoms with Crippen LogP contribution in [0.15, 0.2) is 18.2 Å². The number of carbonyl (C=O) groups excluding carboxylic acids is 2. The number of hydrogen-bond donors (Lipinski definition) is 2. The number of aromatic nitrogens is 1. The lowest BCUT2D eigenvalue weighted by Gasteiger charge is -2.33. The van der Waals surface area contributed by atoms with Crippen LogP contribution < -0.4 is 10.6 Å². The van der Waals surface area contributed by atoms with Gasteiger partial charge in [0.15, 0.2) is 0 Å². The minimum absolute atomic E-state index is 0. The third kappa shape index (κ3) is 4.78. The van der Waals surface area contributed by atoms with Gasteiger partial charge in [-0.05, 0) is 69.7 Å². The van der Waals surface area contributed by atoms with Gasteiger partial charge in [0.25, 0.3) is 0 Å². The second kappa shape index (κ2) is 9.42. The van der Waals surface area contributed by atoms with Crippen molar-refractivity contribution in [2.24, 2.45) is 17.3 Å². The molecule has 2 amide bonds. The molecule has 3 fully saturated rings. The molecule has 8 heteroatoms. The molecule has 1 spiro atoms. The topological polar surface area (TPSA) is 74.3 Å². The first-order valence-electron chi connectivity index (χ1n) is 9.81. The number of likely N-dealkylation sites (tertiary alicyclic amines) is 1. The summed E-state index contributed by atoms with van der Waals surface area (Å²) in [5.74, 6) is 0.892. The van der Waals surface area contributed by atoms with E-state index in [4.69, 9.17) is 0 Å². The predicted molar refractivity (Wildman–Crippen MR) is 114 cm³/mol. The molecule has 28 heavy (non-hydrogen) atoms. The lowest BCUT2D eigenvalue weighted by molar-refractivity contribution is -0.136. The van der Waals surface area contributed by atoms with Crippen molar-refractivity contribution in [2.75, 3.05) is 31.5 Å². The van der Waals surface area contributed by atoms with Crippen LogP contribution in [0.4, 0.5) is 5.82 Å². The van der Waals surface area contributed by atoms with Gasteiger partial charge in [0.2, 0.25) is 11.8 Å². The zero-order valence-corrected chi connectivity index (χ0v) is 17.9. The number of pyridine rings is 1. The number of aryl methyl sites for hydroxylation is 1. The van der Waals surface area contributed by atoms with Crippen molar-refractivity contribution in [2.45, 2.75) is 39.0 Å². The van der Waals surface area contributed by atoms with Gasteiger partial charge in [0.05, 0.1) is 5.92 Å². The molecular weight excluding hydrogens is 399 g/mol. The van der Waals surface area contributed by atoms with Crippen molar-refractivity contribution in [3.63, 3.8) is 0 Å². The van der Waals surface area contributed by atoms with Gasteiger partial charge in [0, 0.05) is 24.7 Å². The Kier molecular flexibility index (Phi) is 7.71. The predicted octanol–water partition coefficient (Wildman–Crippen LogP) is 2.80. The molecule has 3 aliphatic rings. The molecule has 1 saturated carbocycles. The second-order valence-electron chi connectivity index (χ2n) is 8.15. The molecule has 0 bridgehead atoms. The van der Waals surface area contributed by atoms with Crippen LogP contribution >= 0.6 is 24.8 Å². The van der Waals surface area contributed by atoms with Crippen molar-refractivity contribution < 1.29 is 9.59 Å². The number of amides is 2. The smallest absolute Gasteiger partial charge is 0.230 e. The molecule has 2 atom stereocenters. The summed E-state index contributed by atoms with van der Waals surface area (Å²) < 4.78 is 0. The van der Waals surface area contributed by atoms with Crippen molar-refractivity contribution in [1.82, 2.24) is 15.2 Å². The average molecular weight is 429 g/mol. The summed E-state index contributed by atoms with van der Waals surface area (Å²) in [6.45, 7) is 5.29. The first-order chi connectivity index (χ1) is 12.6. The Morgan fingerprint density at radius 1 is 1.25 bits per heavy atom. The minimum atomic E-state index is -0.141. The molecule has 0 radical (unpaired) electrons. The maximum absolute atomic E-state index is 13.0. The third-order valence-corrected chi connectivity index (χ3v) is 6.33. The zero-order chi connectivity index (χ0) is 18.1. The number of carbonyl (C=O) groups is 2. The van der Waals surface area contributed by atoms with E-state index in [-0.39, 0.29) is 53.9 Å². The normalized spacial score (nSPS) is 25.2. The van der Waals surface area contributed by atoms with Crippen LogP contribution in [-0.2, 0) is 9.59 Å². The lowest BCUT2D eigenvalue weighted by Crippen LogP contribution is -2.45. The number of anilines is 1. The standard InChI is InChI=1S/C20H28N4O2.2ClH/c1-14-4-2-6-17(22-14)23-18(25)15-5-3-11-24(13-15)19(26)16-12-20(16)7-9-21-10-8-20;;/h2,4,6,15-16,21H,3,5,7-13H2,1H3,(H,22,23,25);2*1H. The van der Waals surface area contributed by atoms with Crippen LogP contribution in [0.3, 0.4) is 0 Å². The highest BCUT2D eigenvalue weighted by atomic mass is 35.5. The van der Waals surface area contributed by atoms with E-state index >= 15 is 0 Å². The molecular formula is C20H30Cl2N4O2. The maximum atomic E-state index is 13.0. The fourth-order valence-electron chi connectivity index (χ4n) is 4.63. The van der Waals surface area contributed by atoms with E-state index in [9.17, 15) is 9.59 Å². The Bertz CT molecular complexity index is 709. The van der Waals surface area contributed by atoms with E-state index in [1.54, 1.807) is 0 Å². The zero-order valence-electron chi connectivity index (χ0n) is 16.3. The quantitative estimate of drug-likeness (QED) is 0.775. The van der Waals surface area contributed by atoms with Crippen LogP contribution in [0.1, 0.15) is 37.8 Å². The average Bonchev–Trinajstić information content (AvgIpc) is 3.34. The van der Waals surface area contributed by atoms with Gasteiger partial charge in [-0.2, -0.15) is 0 Å². The fraction of sp³-hybridized carbons (Fsp3) is 0.650. The SMILES string of the molecule is Cc1cccc(NC(=O)C2CCCN(C(=O)C3CC34CCNCC4)C2)n1.Cl.Cl. The highest BCUT2D eigenvalue weighted by Crippen LogP contribution is 2.59. The van der Waals surface area contributed by atoms with Gasteiger partial charge in [-0.25, -0.2) is 4.98 Å². The van der Waals surface area contributed by atoms with Crippen molar-refractivity contribution in [1.29, 1.82) is 0 Å². The molecule has 156 valence electrons. The number of hydrogen-bond acceptors (Lipinski definition) is 4. The van der Waals surface area contributed by atoms with E-state index in [2.05, 4.69) is 15.6 Å². The van der Waals surface area contributed by atoms with Crippen LogP contribution in [0, 0.1) is 24.2 Å². The van der Waals surface area contributed by atoms with E-state index < -0.39 is 0 Å². The van der Waals surface area contributed by atoms with E-state index in [0.29, 0.717) is 12.4 Å². The monoisotopic (exact) mass is 428 g/mol. The number of halogens is 2. The lowest BCUT2D eigenvalue weighted by atomic mass is 9.91. The highest BCUT2D eigenvalue weighted by molar-refractivity contribution is 5.92. The molecule has 1 aromatic heterocycles. The molecule has 0 aromatic carbocycles. The Labute approximate surface area is 179 Å². The van der Waals surface area contributed by atoms with Crippen LogP contribution in [0.5, 0.6) is 0 Å². The van der Waals surface area contributed by atoms with Gasteiger partial charge in [-0.3, -0.25) is 9.59 Å². The van der Waals surface area contributed by atoms with Gasteiger partial charge in [-0.1, -0.05) is 6.07 Å². The Morgan fingerprint density at radius 2 is 2.00 bits per heavy atom. The summed E-state index contributed by atoms with van der Waals surface area (Å²) in [4.78, 5) is 31.9. The summed E-state index contributed by atoms with van der Waals surface area (Å²) in [6.07, 6.45) is 4.99. The Morgan fingerprint density at radius 3 is 2.71 bits per heavy atom. The van der Waals surface area contributed by atoms with E-state index in [0.717, 1.165) is 57.4 Å². The van der Waals surface area contributed by atoms with Gasteiger partial charge in [0.1, 0.15) is 5.82 Å². The van der Waals surface area contributed by atoms with Gasteiger partial charge >= 0.3 is 0 Å². The molecule has 4 rings (SSSR count). The fourth-order valence-corrected chi connectivity index (χ4v) is 4.63. The summed E-state index contributed by atoms with van der Waals surface area (Å²) >= 11 is 0. The summed E-state index contributed by atoms with van der Waals surface area (Å²) in [5, 5.41) is 6.30. The maximum Gasteiger partial charge on any atom is 0.230 e. The van der Waals surface area contributed by atoms with Crippen LogP contribution in [-0.4, -0.2) is 47.9 Å². The number of nitrogens with zero attached hydrogens (tertiary/aromatic N) is 2. The Balaban J connectivity index is 0.00000140. The molecule has 2 saturated heterocycles. The molecule has 2 aliphatic heterocycles. The Hall–Kier alpha value is -1.37. The number of rotatable bonds is 3. The largest absolute Gasteiger partial charge is 0.342 e. The molecule has 2 unspecified atom stereocenters. The van der Waals surface area contributed by atoms with Crippen molar-refractivity contribution in [3.8, 4) is 0 Å². The summed E-state index contributed by atoms with van der Waals surface area (Å²) in [7, 11) is 0. The van der Waals surface area contributed by atoms with Crippen molar-refractivity contribution >= 4 is 42.4 Å².